The first-order valence-corrected chi connectivity index (χ1v) is 8.26. The van der Waals surface area contributed by atoms with Crippen LogP contribution in [0.4, 0.5) is 5.00 Å². The topological polar surface area (TPSA) is 87.3 Å². The number of hydrogen-bond acceptors (Lipinski definition) is 6. The number of carbonyl (C=O) groups excluding carboxylic acids is 1. The van der Waals surface area contributed by atoms with Crippen LogP contribution in [0.25, 0.3) is 11.0 Å². The van der Waals surface area contributed by atoms with E-state index < -0.39 is 10.9 Å². The molecule has 2 heterocycles. The van der Waals surface area contributed by atoms with Crippen LogP contribution in [0.15, 0.2) is 35.7 Å². The lowest BCUT2D eigenvalue weighted by molar-refractivity contribution is -0.380. The number of para-hydroxylation sites is 2. The predicted octanol–water partition coefficient (Wildman–Crippen LogP) is 3.56. The molecule has 0 amide bonds. The van der Waals surface area contributed by atoms with E-state index in [0.29, 0.717) is 13.0 Å². The Hall–Kier alpha value is -2.74. The average Bonchev–Trinajstić information content (AvgIpc) is 3.16. The molecule has 0 fully saturated rings. The minimum atomic E-state index is -0.536. The summed E-state index contributed by atoms with van der Waals surface area (Å²) in [6.07, 6.45) is 0.638. The van der Waals surface area contributed by atoms with Gasteiger partial charge in [0.25, 0.3) is 0 Å². The Kier molecular flexibility index (Phi) is 4.57. The van der Waals surface area contributed by atoms with Gasteiger partial charge in [-0.15, -0.1) is 0 Å². The SMILES string of the molecule is Cc1nc2ccccc2n1CCCOC(=O)c1csc([N+](=O)[O-])c1. The molecule has 0 saturated heterocycles. The fraction of sp³-hybridized carbons (Fsp3) is 0.250. The Morgan fingerprint density at radius 1 is 1.42 bits per heavy atom. The first-order chi connectivity index (χ1) is 11.6. The van der Waals surface area contributed by atoms with Crippen molar-refractivity contribution in [3.05, 3.63) is 57.2 Å². The first-order valence-electron chi connectivity index (χ1n) is 7.38. The van der Waals surface area contributed by atoms with Gasteiger partial charge in [-0.25, -0.2) is 9.78 Å². The largest absolute Gasteiger partial charge is 0.462 e. The smallest absolute Gasteiger partial charge is 0.339 e. The third-order valence-electron chi connectivity index (χ3n) is 3.61. The van der Waals surface area contributed by atoms with Crippen LogP contribution in [0.3, 0.4) is 0 Å². The van der Waals surface area contributed by atoms with Gasteiger partial charge in [-0.3, -0.25) is 10.1 Å². The summed E-state index contributed by atoms with van der Waals surface area (Å²) in [5, 5.41) is 12.0. The van der Waals surface area contributed by atoms with Crippen molar-refractivity contribution in [3.63, 3.8) is 0 Å². The van der Waals surface area contributed by atoms with Gasteiger partial charge in [-0.2, -0.15) is 0 Å². The van der Waals surface area contributed by atoms with Gasteiger partial charge in [0.15, 0.2) is 0 Å². The molecule has 24 heavy (non-hydrogen) atoms. The number of nitrogens with zero attached hydrogens (tertiary/aromatic N) is 3. The number of ether oxygens (including phenoxy) is 1. The van der Waals surface area contributed by atoms with Gasteiger partial charge < -0.3 is 9.30 Å². The number of fused-ring (bicyclic) bond motifs is 1. The highest BCUT2D eigenvalue weighted by molar-refractivity contribution is 7.13. The minimum Gasteiger partial charge on any atom is -0.462 e. The lowest BCUT2D eigenvalue weighted by atomic mass is 10.3. The second kappa shape index (κ2) is 6.79. The Bertz CT molecular complexity index is 900. The zero-order chi connectivity index (χ0) is 17.1. The van der Waals surface area contributed by atoms with E-state index in [2.05, 4.69) is 9.55 Å². The van der Waals surface area contributed by atoms with Gasteiger partial charge in [-0.05, 0) is 25.5 Å². The molecule has 124 valence electrons. The monoisotopic (exact) mass is 345 g/mol. The standard InChI is InChI=1S/C16H15N3O4S/c1-11-17-13-5-2-3-6-14(13)18(11)7-4-8-23-16(20)12-9-15(19(21)22)24-10-12/h2-3,5-6,9-10H,4,7-8H2,1H3. The molecule has 0 radical (unpaired) electrons. The van der Waals surface area contributed by atoms with Gasteiger partial charge in [0.1, 0.15) is 5.82 Å². The van der Waals surface area contributed by atoms with E-state index in [1.54, 1.807) is 0 Å². The number of rotatable bonds is 6. The molecule has 8 heteroatoms. The number of hydrogen-bond donors (Lipinski definition) is 0. The molecule has 0 aliphatic heterocycles. The Balaban J connectivity index is 1.55. The second-order valence-corrected chi connectivity index (χ2v) is 6.11. The summed E-state index contributed by atoms with van der Waals surface area (Å²) in [6.45, 7) is 2.87. The van der Waals surface area contributed by atoms with Gasteiger partial charge in [0, 0.05) is 18.0 Å². The van der Waals surface area contributed by atoms with E-state index in [0.717, 1.165) is 28.2 Å². The molecule has 0 unspecified atom stereocenters. The maximum absolute atomic E-state index is 11.9. The number of carbonyl (C=O) groups is 1. The number of aryl methyl sites for hydroxylation is 2. The van der Waals surface area contributed by atoms with Gasteiger partial charge in [0.05, 0.1) is 28.1 Å². The van der Waals surface area contributed by atoms with E-state index >= 15 is 0 Å². The van der Waals surface area contributed by atoms with E-state index in [-0.39, 0.29) is 17.2 Å². The average molecular weight is 345 g/mol. The quantitative estimate of drug-likeness (QED) is 0.295. The van der Waals surface area contributed by atoms with Crippen LogP contribution in [0.5, 0.6) is 0 Å². The maximum atomic E-state index is 11.9. The second-order valence-electron chi connectivity index (χ2n) is 5.22. The Morgan fingerprint density at radius 3 is 2.96 bits per heavy atom. The Morgan fingerprint density at radius 2 is 2.21 bits per heavy atom. The van der Waals surface area contributed by atoms with E-state index in [9.17, 15) is 14.9 Å². The molecular weight excluding hydrogens is 330 g/mol. The highest BCUT2D eigenvalue weighted by Crippen LogP contribution is 2.23. The lowest BCUT2D eigenvalue weighted by Gasteiger charge is -2.07. The van der Waals surface area contributed by atoms with Crippen molar-refractivity contribution in [2.24, 2.45) is 0 Å². The van der Waals surface area contributed by atoms with Crippen molar-refractivity contribution in [1.82, 2.24) is 9.55 Å². The molecular formula is C16H15N3O4S. The third kappa shape index (κ3) is 3.28. The van der Waals surface area contributed by atoms with Crippen LogP contribution in [0.1, 0.15) is 22.6 Å². The highest BCUT2D eigenvalue weighted by atomic mass is 32.1. The number of thiophene rings is 1. The lowest BCUT2D eigenvalue weighted by Crippen LogP contribution is -2.09. The minimum absolute atomic E-state index is 0.0672. The van der Waals surface area contributed by atoms with Crippen LogP contribution < -0.4 is 0 Å². The van der Waals surface area contributed by atoms with E-state index in [4.69, 9.17) is 4.74 Å². The van der Waals surface area contributed by atoms with Crippen molar-refractivity contribution in [1.29, 1.82) is 0 Å². The molecule has 3 rings (SSSR count). The molecule has 1 aromatic carbocycles. The molecule has 3 aromatic rings. The molecule has 0 N–H and O–H groups in total. The predicted molar refractivity (Wildman–Crippen MR) is 90.3 cm³/mol. The van der Waals surface area contributed by atoms with Crippen molar-refractivity contribution in [3.8, 4) is 0 Å². The van der Waals surface area contributed by atoms with Crippen LogP contribution >= 0.6 is 11.3 Å². The number of imidazole rings is 1. The summed E-state index contributed by atoms with van der Waals surface area (Å²) < 4.78 is 7.26. The number of nitro groups is 1. The van der Waals surface area contributed by atoms with E-state index in [1.165, 1.54) is 11.4 Å². The summed E-state index contributed by atoms with van der Waals surface area (Å²) >= 11 is 0.914. The van der Waals surface area contributed by atoms with Crippen LogP contribution in [0.2, 0.25) is 0 Å². The first kappa shape index (κ1) is 16.1. The summed E-state index contributed by atoms with van der Waals surface area (Å²) in [5.41, 5.74) is 2.21. The maximum Gasteiger partial charge on any atom is 0.339 e. The zero-order valence-electron chi connectivity index (χ0n) is 13.0. The van der Waals surface area contributed by atoms with Crippen LogP contribution in [-0.4, -0.2) is 27.1 Å². The summed E-state index contributed by atoms with van der Waals surface area (Å²) in [7, 11) is 0. The Labute approximate surface area is 141 Å². The molecule has 0 spiro atoms. The van der Waals surface area contributed by atoms with Crippen molar-refractivity contribution >= 4 is 33.3 Å². The van der Waals surface area contributed by atoms with Crippen molar-refractivity contribution in [2.75, 3.05) is 6.61 Å². The molecule has 0 aliphatic rings. The van der Waals surface area contributed by atoms with Gasteiger partial charge in [0.2, 0.25) is 0 Å². The zero-order valence-corrected chi connectivity index (χ0v) is 13.8. The highest BCUT2D eigenvalue weighted by Gasteiger charge is 2.16. The molecule has 0 aliphatic carbocycles. The molecule has 0 bridgehead atoms. The molecule has 2 aromatic heterocycles. The van der Waals surface area contributed by atoms with Crippen molar-refractivity contribution < 1.29 is 14.5 Å². The summed E-state index contributed by atoms with van der Waals surface area (Å²) in [6, 6.07) is 9.11. The van der Waals surface area contributed by atoms with Crippen LogP contribution in [-0.2, 0) is 11.3 Å². The number of aromatic nitrogens is 2. The molecule has 7 nitrogen and oxygen atoms in total. The van der Waals surface area contributed by atoms with E-state index in [1.807, 2.05) is 31.2 Å². The fourth-order valence-electron chi connectivity index (χ4n) is 2.48. The summed E-state index contributed by atoms with van der Waals surface area (Å²) in [4.78, 5) is 26.5. The number of benzene rings is 1. The third-order valence-corrected chi connectivity index (χ3v) is 4.49. The van der Waals surface area contributed by atoms with Gasteiger partial charge >= 0.3 is 11.0 Å². The normalized spacial score (nSPS) is 10.9. The van der Waals surface area contributed by atoms with Crippen molar-refractivity contribution in [2.45, 2.75) is 19.9 Å². The number of esters is 1. The molecule has 0 atom stereocenters. The summed E-state index contributed by atoms with van der Waals surface area (Å²) in [5.74, 6) is 0.377. The fourth-order valence-corrected chi connectivity index (χ4v) is 3.17. The van der Waals surface area contributed by atoms with Gasteiger partial charge in [-0.1, -0.05) is 23.5 Å². The molecule has 0 saturated carbocycles. The van der Waals surface area contributed by atoms with Crippen LogP contribution in [0, 0.1) is 17.0 Å².